The third-order valence-corrected chi connectivity index (χ3v) is 0.702. The molecule has 0 aliphatic rings. The molecule has 0 aliphatic heterocycles. The Morgan fingerprint density at radius 2 is 0.800 bits per heavy atom. The fraction of sp³-hybridized carbons (Fsp3) is 0. The second-order valence-corrected chi connectivity index (χ2v) is 1.37. The van der Waals surface area contributed by atoms with Gasteiger partial charge in [0.2, 0.25) is 0 Å². The fourth-order valence-corrected chi connectivity index (χ4v) is 0.361. The van der Waals surface area contributed by atoms with Crippen molar-refractivity contribution in [3.63, 3.8) is 0 Å². The molecule has 0 saturated heterocycles. The van der Waals surface area contributed by atoms with Gasteiger partial charge in [0.1, 0.15) is 0 Å². The van der Waals surface area contributed by atoms with Gasteiger partial charge in [-0.05, 0) is 0 Å². The maximum Gasteiger partial charge on any atom is 6.00 e. The minimum atomic E-state index is 0. The Labute approximate surface area is 140 Å². The van der Waals surface area contributed by atoms with Gasteiger partial charge < -0.3 is 70.3 Å². The maximum absolute atomic E-state index is 7.75. The van der Waals surface area contributed by atoms with Crippen LogP contribution in [-0.2, 0) is 53.0 Å². The van der Waals surface area contributed by atoms with Crippen LogP contribution in [-0.4, -0.2) is 13.6 Å². The van der Waals surface area contributed by atoms with E-state index in [2.05, 4.69) is 75.4 Å². The summed E-state index contributed by atoms with van der Waals surface area (Å²) < 4.78 is 15.0. The van der Waals surface area contributed by atoms with Crippen molar-refractivity contribution in [3.05, 3.63) is 74.0 Å². The van der Waals surface area contributed by atoms with E-state index in [9.17, 15) is 0 Å². The summed E-state index contributed by atoms with van der Waals surface area (Å²) in [7, 11) is 0. The van der Waals surface area contributed by atoms with Crippen LogP contribution in [0.2, 0.25) is 0 Å². The van der Waals surface area contributed by atoms with Gasteiger partial charge in [-0.1, -0.05) is 0 Å². The van der Waals surface area contributed by atoms with E-state index in [0.29, 0.717) is 0 Å². The molecular formula is C14H4Fe2O4-6. The van der Waals surface area contributed by atoms with Crippen molar-refractivity contribution in [2.24, 2.45) is 0 Å². The molecule has 0 saturated carbocycles. The van der Waals surface area contributed by atoms with E-state index >= 15 is 0 Å². The fourth-order valence-electron chi connectivity index (χ4n) is 0.361. The molecule has 0 fully saturated rings. The molecule has 0 amide bonds. The average molecular weight is 348 g/mol. The molecule has 106 valence electrons. The topological polar surface area (TPSA) is 73.9 Å². The number of hydrogen-bond donors (Lipinski definition) is 0. The Morgan fingerprint density at radius 1 is 0.650 bits per heavy atom. The Kier molecular flexibility index (Phi) is 119. The van der Waals surface area contributed by atoms with Crippen LogP contribution in [0.4, 0.5) is 0 Å². The molecule has 2 aromatic carbocycles. The van der Waals surface area contributed by atoms with E-state index in [1.165, 1.54) is 0 Å². The van der Waals surface area contributed by atoms with Gasteiger partial charge in [-0.2, -0.15) is 0 Å². The summed E-state index contributed by atoms with van der Waals surface area (Å²) in [4.78, 5) is 15.5. The van der Waals surface area contributed by atoms with Crippen LogP contribution in [0.15, 0.2) is 12.1 Å². The van der Waals surface area contributed by atoms with Crippen LogP contribution in [0.5, 0.6) is 0 Å². The van der Waals surface area contributed by atoms with Crippen molar-refractivity contribution in [1.82, 2.24) is 0 Å². The molecule has 2 rings (SSSR count). The number of hydrogen-bond acceptors (Lipinski definition) is 2. The zero-order valence-electron chi connectivity index (χ0n) is 9.65. The molecule has 6 heteroatoms. The van der Waals surface area contributed by atoms with Crippen LogP contribution >= 0.6 is 0 Å². The van der Waals surface area contributed by atoms with Crippen molar-refractivity contribution >= 4 is 13.6 Å². The Bertz CT molecular complexity index is 247. The predicted molar refractivity (Wildman–Crippen MR) is 56.1 cm³/mol. The quantitative estimate of drug-likeness (QED) is 0.303. The van der Waals surface area contributed by atoms with Gasteiger partial charge in [0.25, 0.3) is 0 Å². The average Bonchev–Trinajstić information content (AvgIpc) is 3.25. The van der Waals surface area contributed by atoms with Crippen molar-refractivity contribution < 1.29 is 53.0 Å². The van der Waals surface area contributed by atoms with Gasteiger partial charge in [-0.3, -0.25) is 13.6 Å². The normalized spacial score (nSPS) is 4.60. The summed E-state index contributed by atoms with van der Waals surface area (Å²) in [5.74, 6) is 0. The van der Waals surface area contributed by atoms with Gasteiger partial charge in [0.15, 0.2) is 0 Å². The zero-order chi connectivity index (χ0) is 15.1. The van der Waals surface area contributed by atoms with Crippen LogP contribution in [0.3, 0.4) is 0 Å². The summed E-state index contributed by atoms with van der Waals surface area (Å²) in [6.07, 6.45) is 0. The largest absolute Gasteiger partial charge is 6.00 e. The van der Waals surface area contributed by atoms with Gasteiger partial charge >= 0.3 is 39.7 Å². The summed E-state index contributed by atoms with van der Waals surface area (Å²) in [5, 5.41) is 0. The van der Waals surface area contributed by atoms with Crippen LogP contribution < -0.4 is 0 Å². The molecule has 0 spiro atoms. The molecule has 0 aliphatic carbocycles. The molecule has 0 bridgehead atoms. The third kappa shape index (κ3) is 54.7. The standard InChI is InChI=1S/2C5H.2CHO.2CO.2Fe/c2*1-2-4-5-3-1;4*1-2;;/h2*1H;2*1H;;;;/q2*-5;2*-1;;;;+6. The molecule has 0 aromatic heterocycles. The molecule has 2 aromatic rings. The van der Waals surface area contributed by atoms with Crippen molar-refractivity contribution in [2.75, 3.05) is 0 Å². The molecule has 0 heterocycles. The van der Waals surface area contributed by atoms with Crippen LogP contribution in [0.25, 0.3) is 0 Å². The Morgan fingerprint density at radius 3 is 0.850 bits per heavy atom. The minimum absolute atomic E-state index is 0. The first kappa shape index (κ1) is 36.3. The van der Waals surface area contributed by atoms with E-state index in [-0.39, 0.29) is 34.1 Å². The first-order chi connectivity index (χ1) is 9.00. The molecule has 4 nitrogen and oxygen atoms in total. The molecular weight excluding hydrogens is 344 g/mol. The van der Waals surface area contributed by atoms with Crippen molar-refractivity contribution in [1.29, 1.82) is 0 Å². The monoisotopic (exact) mass is 348 g/mol. The summed E-state index contributed by atoms with van der Waals surface area (Å²) in [5.41, 5.74) is 0. The summed E-state index contributed by atoms with van der Waals surface area (Å²) in [6, 6.07) is 24.0. The maximum atomic E-state index is 7.75. The molecule has 20 heavy (non-hydrogen) atoms. The second kappa shape index (κ2) is 65.7. The van der Waals surface area contributed by atoms with Gasteiger partial charge in [-0.15, -0.1) is 0 Å². The second-order valence-electron chi connectivity index (χ2n) is 1.37. The first-order valence-corrected chi connectivity index (χ1v) is 3.53. The van der Waals surface area contributed by atoms with E-state index < -0.39 is 0 Å². The first-order valence-electron chi connectivity index (χ1n) is 3.53. The van der Waals surface area contributed by atoms with E-state index in [0.717, 1.165) is 0 Å². The smallest absolute Gasteiger partial charge is 0.999 e. The molecule has 0 atom stereocenters. The van der Waals surface area contributed by atoms with Crippen molar-refractivity contribution in [3.8, 4) is 0 Å². The molecule has 0 unspecified atom stereocenters. The summed E-state index contributed by atoms with van der Waals surface area (Å²) in [6.45, 7) is 15.5. The van der Waals surface area contributed by atoms with Gasteiger partial charge in [0, 0.05) is 17.1 Å². The van der Waals surface area contributed by atoms with E-state index in [4.69, 9.17) is 18.9 Å². The number of rotatable bonds is 0. The van der Waals surface area contributed by atoms with E-state index in [1.807, 2.05) is 0 Å². The SMILES string of the molecule is [C-]#[O+].[C-]#[O+].[CH-]=O.[CH-]=O.[Fe+6].[Fe].[c-]1[c-][c-][cH-][c-]1.[c-]1[c-][c-][cH-][c-]1. The van der Waals surface area contributed by atoms with Gasteiger partial charge in [-0.25, -0.2) is 0 Å². The van der Waals surface area contributed by atoms with Crippen LogP contribution in [0, 0.1) is 61.8 Å². The molecule has 0 N–H and O–H groups in total. The summed E-state index contributed by atoms with van der Waals surface area (Å²) >= 11 is 0. The molecule has 0 radical (unpaired) electrons. The third-order valence-electron chi connectivity index (χ3n) is 0.702. The zero-order valence-corrected chi connectivity index (χ0v) is 11.9. The van der Waals surface area contributed by atoms with Crippen LogP contribution in [0.1, 0.15) is 0 Å². The predicted octanol–water partition coefficient (Wildman–Crippen LogP) is 0.584. The van der Waals surface area contributed by atoms with E-state index in [1.54, 1.807) is 12.1 Å². The Balaban J connectivity index is -0.0000000311. The minimum Gasteiger partial charge on any atom is -0.999 e. The van der Waals surface area contributed by atoms with Crippen molar-refractivity contribution in [2.45, 2.75) is 0 Å². The Hall–Kier alpha value is -1.44. The van der Waals surface area contributed by atoms with Gasteiger partial charge in [0.05, 0.1) is 0 Å². The number of carbonyl (C=O) groups excluding carboxylic acids is 2.